The van der Waals surface area contributed by atoms with Crippen molar-refractivity contribution in [3.63, 3.8) is 0 Å². The zero-order chi connectivity index (χ0) is 14.7. The highest BCUT2D eigenvalue weighted by atomic mass is 32.1. The first kappa shape index (κ1) is 13.6. The zero-order valence-electron chi connectivity index (χ0n) is 11.2. The number of nitrogens with one attached hydrogen (secondary N) is 2. The Kier molecular flexibility index (Phi) is 3.87. The van der Waals surface area contributed by atoms with Crippen LogP contribution in [0.15, 0.2) is 42.6 Å². The quantitative estimate of drug-likeness (QED) is 0.854. The molecule has 21 heavy (non-hydrogen) atoms. The molecule has 0 spiro atoms. The molecule has 3 rings (SSSR count). The van der Waals surface area contributed by atoms with Crippen LogP contribution in [0.2, 0.25) is 0 Å². The number of carbonyl (C=O) groups is 1. The Morgan fingerprint density at radius 2 is 2.10 bits per heavy atom. The van der Waals surface area contributed by atoms with Crippen LogP contribution in [-0.2, 0) is 0 Å². The summed E-state index contributed by atoms with van der Waals surface area (Å²) in [6.07, 6.45) is 1.47. The molecule has 1 atom stereocenters. The molecule has 2 N–H and O–H groups in total. The summed E-state index contributed by atoms with van der Waals surface area (Å²) in [5.74, 6) is 1.20. The predicted molar refractivity (Wildman–Crippen MR) is 80.3 cm³/mol. The number of ether oxygens (including phenoxy) is 2. The molecule has 1 aromatic heterocycles. The summed E-state index contributed by atoms with van der Waals surface area (Å²) in [7, 11) is 0. The van der Waals surface area contributed by atoms with E-state index in [0.717, 1.165) is 5.75 Å². The molecular weight excluding hydrogens is 288 g/mol. The van der Waals surface area contributed by atoms with E-state index in [4.69, 9.17) is 21.7 Å². The SMILES string of the molecule is O=C(NC[C@@H]1COc2ccccc2O1)c1ccc[nH]c1=S. The van der Waals surface area contributed by atoms with Crippen molar-refractivity contribution in [2.75, 3.05) is 13.2 Å². The minimum Gasteiger partial charge on any atom is -0.486 e. The van der Waals surface area contributed by atoms with Crippen molar-refractivity contribution in [3.8, 4) is 11.5 Å². The van der Waals surface area contributed by atoms with Gasteiger partial charge in [0.05, 0.1) is 12.1 Å². The van der Waals surface area contributed by atoms with E-state index in [0.29, 0.717) is 29.1 Å². The van der Waals surface area contributed by atoms with E-state index >= 15 is 0 Å². The summed E-state index contributed by atoms with van der Waals surface area (Å²) in [6.45, 7) is 0.760. The maximum atomic E-state index is 12.1. The van der Waals surface area contributed by atoms with Crippen molar-refractivity contribution in [2.24, 2.45) is 0 Å². The summed E-state index contributed by atoms with van der Waals surface area (Å²) in [5, 5.41) is 2.81. The van der Waals surface area contributed by atoms with Gasteiger partial charge in [0, 0.05) is 6.20 Å². The van der Waals surface area contributed by atoms with Gasteiger partial charge in [0.15, 0.2) is 11.5 Å². The monoisotopic (exact) mass is 302 g/mol. The smallest absolute Gasteiger partial charge is 0.254 e. The van der Waals surface area contributed by atoms with E-state index in [1.807, 2.05) is 24.3 Å². The lowest BCUT2D eigenvalue weighted by Gasteiger charge is -2.26. The molecule has 0 radical (unpaired) electrons. The third kappa shape index (κ3) is 3.05. The Hall–Kier alpha value is -2.34. The van der Waals surface area contributed by atoms with E-state index in [2.05, 4.69) is 10.3 Å². The fraction of sp³-hybridized carbons (Fsp3) is 0.200. The van der Waals surface area contributed by atoms with Crippen LogP contribution in [-0.4, -0.2) is 30.1 Å². The van der Waals surface area contributed by atoms with Gasteiger partial charge >= 0.3 is 0 Å². The van der Waals surface area contributed by atoms with Gasteiger partial charge in [-0.3, -0.25) is 4.79 Å². The summed E-state index contributed by atoms with van der Waals surface area (Å²) in [6, 6.07) is 10.9. The number of hydrogen-bond donors (Lipinski definition) is 2. The highest BCUT2D eigenvalue weighted by Gasteiger charge is 2.21. The lowest BCUT2D eigenvalue weighted by atomic mass is 10.2. The first-order valence-corrected chi connectivity index (χ1v) is 6.99. The highest BCUT2D eigenvalue weighted by Crippen LogP contribution is 2.30. The molecule has 0 saturated heterocycles. The topological polar surface area (TPSA) is 63.4 Å². The number of aromatic amines is 1. The first-order valence-electron chi connectivity index (χ1n) is 6.58. The van der Waals surface area contributed by atoms with Gasteiger partial charge < -0.3 is 19.8 Å². The van der Waals surface area contributed by atoms with E-state index in [1.54, 1.807) is 18.3 Å². The lowest BCUT2D eigenvalue weighted by molar-refractivity contribution is 0.0789. The van der Waals surface area contributed by atoms with Crippen molar-refractivity contribution in [1.82, 2.24) is 10.3 Å². The Morgan fingerprint density at radius 3 is 2.90 bits per heavy atom. The molecule has 0 aliphatic carbocycles. The molecule has 1 aliphatic rings. The zero-order valence-corrected chi connectivity index (χ0v) is 12.0. The van der Waals surface area contributed by atoms with Crippen LogP contribution in [0, 0.1) is 4.64 Å². The van der Waals surface area contributed by atoms with Crippen LogP contribution in [0.4, 0.5) is 0 Å². The van der Waals surface area contributed by atoms with Gasteiger partial charge in [0.25, 0.3) is 5.91 Å². The average molecular weight is 302 g/mol. The molecule has 1 aromatic carbocycles. The molecule has 0 unspecified atom stereocenters. The molecule has 0 bridgehead atoms. The van der Waals surface area contributed by atoms with Gasteiger partial charge in [-0.2, -0.15) is 0 Å². The van der Waals surface area contributed by atoms with Gasteiger partial charge in [0.1, 0.15) is 17.4 Å². The summed E-state index contributed by atoms with van der Waals surface area (Å²) in [5.41, 5.74) is 0.449. The largest absolute Gasteiger partial charge is 0.486 e. The molecule has 1 amide bonds. The van der Waals surface area contributed by atoms with Crippen LogP contribution in [0.1, 0.15) is 10.4 Å². The second-order valence-corrected chi connectivity index (χ2v) is 5.03. The highest BCUT2D eigenvalue weighted by molar-refractivity contribution is 7.71. The summed E-state index contributed by atoms with van der Waals surface area (Å²) in [4.78, 5) is 14.9. The number of fused-ring (bicyclic) bond motifs is 1. The van der Waals surface area contributed by atoms with Crippen LogP contribution in [0.5, 0.6) is 11.5 Å². The van der Waals surface area contributed by atoms with Crippen LogP contribution >= 0.6 is 12.2 Å². The van der Waals surface area contributed by atoms with Crippen LogP contribution < -0.4 is 14.8 Å². The van der Waals surface area contributed by atoms with Gasteiger partial charge in [-0.25, -0.2) is 0 Å². The maximum absolute atomic E-state index is 12.1. The number of aromatic nitrogens is 1. The molecule has 108 valence electrons. The number of benzene rings is 1. The van der Waals surface area contributed by atoms with Gasteiger partial charge in [0.2, 0.25) is 0 Å². The standard InChI is InChI=1S/C15H14N2O3S/c18-14(11-4-3-7-16-15(11)21)17-8-10-9-19-12-5-1-2-6-13(12)20-10/h1-7,10H,8-9H2,(H,16,21)(H,17,18)/t10-/m1/s1. The molecule has 2 heterocycles. The van der Waals surface area contributed by atoms with Gasteiger partial charge in [-0.15, -0.1) is 0 Å². The molecule has 0 fully saturated rings. The van der Waals surface area contributed by atoms with Crippen molar-refractivity contribution in [1.29, 1.82) is 0 Å². The van der Waals surface area contributed by atoms with Crippen molar-refractivity contribution in [3.05, 3.63) is 52.8 Å². The lowest BCUT2D eigenvalue weighted by Crippen LogP contribution is -2.40. The Labute approximate surface area is 126 Å². The molecule has 6 heteroatoms. The fourth-order valence-electron chi connectivity index (χ4n) is 2.07. The summed E-state index contributed by atoms with van der Waals surface area (Å²) >= 11 is 5.08. The number of hydrogen-bond acceptors (Lipinski definition) is 4. The van der Waals surface area contributed by atoms with E-state index in [1.165, 1.54) is 0 Å². The van der Waals surface area contributed by atoms with Crippen molar-refractivity contribution >= 4 is 18.1 Å². The maximum Gasteiger partial charge on any atom is 0.254 e. The van der Waals surface area contributed by atoms with E-state index in [9.17, 15) is 4.79 Å². The Balaban J connectivity index is 1.61. The third-order valence-corrected chi connectivity index (χ3v) is 3.46. The summed E-state index contributed by atoms with van der Waals surface area (Å²) < 4.78 is 11.8. The number of para-hydroxylation sites is 2. The van der Waals surface area contributed by atoms with Crippen molar-refractivity contribution in [2.45, 2.75) is 6.10 Å². The van der Waals surface area contributed by atoms with E-state index in [-0.39, 0.29) is 12.0 Å². The fourth-order valence-corrected chi connectivity index (χ4v) is 2.29. The molecule has 0 saturated carbocycles. The van der Waals surface area contributed by atoms with Gasteiger partial charge in [-0.05, 0) is 24.3 Å². The first-order chi connectivity index (χ1) is 10.2. The number of amides is 1. The van der Waals surface area contributed by atoms with Gasteiger partial charge in [-0.1, -0.05) is 24.4 Å². The Bertz CT molecular complexity index is 714. The minimum atomic E-state index is -0.223. The van der Waals surface area contributed by atoms with E-state index < -0.39 is 0 Å². The third-order valence-electron chi connectivity index (χ3n) is 3.12. The normalized spacial score (nSPS) is 16.3. The molecule has 5 nitrogen and oxygen atoms in total. The second-order valence-electron chi connectivity index (χ2n) is 4.62. The van der Waals surface area contributed by atoms with Crippen molar-refractivity contribution < 1.29 is 14.3 Å². The molecular formula is C15H14N2O3S. The Morgan fingerprint density at radius 1 is 1.29 bits per heavy atom. The molecule has 2 aromatic rings. The minimum absolute atomic E-state index is 0.217. The second kappa shape index (κ2) is 5.97. The average Bonchev–Trinajstić information content (AvgIpc) is 2.53. The predicted octanol–water partition coefficient (Wildman–Crippen LogP) is 2.31. The number of pyridine rings is 1. The number of H-pyrrole nitrogens is 1. The van der Waals surface area contributed by atoms with Crippen LogP contribution in [0.3, 0.4) is 0 Å². The molecule has 1 aliphatic heterocycles. The number of carbonyl (C=O) groups excluding carboxylic acids is 1. The number of rotatable bonds is 3. The van der Waals surface area contributed by atoms with Crippen LogP contribution in [0.25, 0.3) is 0 Å².